The minimum Gasteiger partial charge on any atom is -0.492 e. The van der Waals surface area contributed by atoms with Crippen LogP contribution in [0, 0.1) is 13.8 Å². The average molecular weight is 363 g/mol. The Labute approximate surface area is 130 Å². The van der Waals surface area contributed by atoms with Crippen LogP contribution in [0.2, 0.25) is 0 Å². The van der Waals surface area contributed by atoms with Crippen LogP contribution in [-0.2, 0) is 15.2 Å². The molecule has 3 nitrogen and oxygen atoms in total. The van der Waals surface area contributed by atoms with Crippen molar-refractivity contribution in [3.8, 4) is 5.75 Å². The number of hydrogen-bond donors (Lipinski definition) is 0. The first-order valence-electron chi connectivity index (χ1n) is 6.59. The first kappa shape index (κ1) is 17.5. The highest BCUT2D eigenvalue weighted by atomic mass is 79.9. The molecule has 0 aromatic heterocycles. The average Bonchev–Trinajstić information content (AvgIpc) is 2.30. The Bertz CT molecular complexity index is 548. The van der Waals surface area contributed by atoms with Crippen molar-refractivity contribution in [1.29, 1.82) is 0 Å². The fourth-order valence-corrected chi connectivity index (χ4v) is 3.14. The number of benzene rings is 1. The standard InChI is InChI=1S/C15H23BrO3S/c1-11-8-13(10-16)9-12(2)14(11)19-6-7-20(17,18)15(3,4)5/h8-9H,6-7,10H2,1-5H3. The van der Waals surface area contributed by atoms with Crippen LogP contribution in [0.3, 0.4) is 0 Å². The van der Waals surface area contributed by atoms with Crippen molar-refractivity contribution < 1.29 is 13.2 Å². The molecule has 0 fully saturated rings. The third-order valence-corrected chi connectivity index (χ3v) is 6.42. The number of ether oxygens (including phenoxy) is 1. The molecule has 20 heavy (non-hydrogen) atoms. The molecule has 0 aliphatic heterocycles. The van der Waals surface area contributed by atoms with Crippen LogP contribution in [-0.4, -0.2) is 25.5 Å². The lowest BCUT2D eigenvalue weighted by Gasteiger charge is -2.20. The van der Waals surface area contributed by atoms with Crippen LogP contribution >= 0.6 is 15.9 Å². The van der Waals surface area contributed by atoms with E-state index in [4.69, 9.17) is 4.74 Å². The lowest BCUT2D eigenvalue weighted by Crippen LogP contribution is -2.32. The first-order chi connectivity index (χ1) is 9.08. The van der Waals surface area contributed by atoms with E-state index in [2.05, 4.69) is 28.1 Å². The van der Waals surface area contributed by atoms with Crippen molar-refractivity contribution in [2.75, 3.05) is 12.4 Å². The summed E-state index contributed by atoms with van der Waals surface area (Å²) >= 11 is 3.43. The molecule has 0 N–H and O–H groups in total. The summed E-state index contributed by atoms with van der Waals surface area (Å²) in [7, 11) is -3.14. The summed E-state index contributed by atoms with van der Waals surface area (Å²) in [5.74, 6) is 0.828. The highest BCUT2D eigenvalue weighted by molar-refractivity contribution is 9.08. The van der Waals surface area contributed by atoms with Crippen LogP contribution in [0.4, 0.5) is 0 Å². The number of aryl methyl sites for hydroxylation is 2. The summed E-state index contributed by atoms with van der Waals surface area (Å²) in [6.45, 7) is 9.28. The Hall–Kier alpha value is -0.550. The molecular weight excluding hydrogens is 340 g/mol. The van der Waals surface area contributed by atoms with Crippen LogP contribution < -0.4 is 4.74 Å². The number of alkyl halides is 1. The number of sulfone groups is 1. The highest BCUT2D eigenvalue weighted by Crippen LogP contribution is 2.26. The van der Waals surface area contributed by atoms with Crippen LogP contribution in [0.15, 0.2) is 12.1 Å². The minimum absolute atomic E-state index is 0.0373. The summed E-state index contributed by atoms with van der Waals surface area (Å²) in [5, 5.41) is 0.799. The predicted octanol–water partition coefficient (Wildman–Crippen LogP) is 3.79. The van der Waals surface area contributed by atoms with Gasteiger partial charge in [-0.15, -0.1) is 0 Å². The van der Waals surface area contributed by atoms with E-state index in [0.717, 1.165) is 22.2 Å². The van der Waals surface area contributed by atoms with Crippen molar-refractivity contribution in [3.63, 3.8) is 0 Å². The van der Waals surface area contributed by atoms with Gasteiger partial charge in [0.1, 0.15) is 12.4 Å². The zero-order valence-electron chi connectivity index (χ0n) is 12.8. The molecule has 1 aromatic carbocycles. The molecule has 0 aliphatic carbocycles. The summed E-state index contributed by atoms with van der Waals surface area (Å²) in [6.07, 6.45) is 0. The van der Waals surface area contributed by atoms with Gasteiger partial charge in [0.25, 0.3) is 0 Å². The zero-order chi connectivity index (χ0) is 15.6. The van der Waals surface area contributed by atoms with E-state index in [1.165, 1.54) is 5.56 Å². The molecule has 0 bridgehead atoms. The third-order valence-electron chi connectivity index (χ3n) is 3.21. The van der Waals surface area contributed by atoms with E-state index in [0.29, 0.717) is 0 Å². The van der Waals surface area contributed by atoms with Gasteiger partial charge in [0.2, 0.25) is 0 Å². The molecule has 5 heteroatoms. The van der Waals surface area contributed by atoms with Crippen molar-refractivity contribution in [2.45, 2.75) is 44.7 Å². The molecule has 0 heterocycles. The van der Waals surface area contributed by atoms with Gasteiger partial charge in [-0.1, -0.05) is 28.1 Å². The lowest BCUT2D eigenvalue weighted by molar-refractivity contribution is 0.335. The maximum absolute atomic E-state index is 12.0. The second-order valence-electron chi connectivity index (χ2n) is 5.97. The fraction of sp³-hybridized carbons (Fsp3) is 0.600. The molecule has 0 aliphatic rings. The SMILES string of the molecule is Cc1cc(CBr)cc(C)c1OCCS(=O)(=O)C(C)(C)C. The van der Waals surface area contributed by atoms with E-state index in [-0.39, 0.29) is 12.4 Å². The Balaban J connectivity index is 2.78. The second kappa shape index (κ2) is 6.48. The Morgan fingerprint density at radius 3 is 2.05 bits per heavy atom. The van der Waals surface area contributed by atoms with Gasteiger partial charge in [-0.3, -0.25) is 0 Å². The highest BCUT2D eigenvalue weighted by Gasteiger charge is 2.28. The Morgan fingerprint density at radius 2 is 1.65 bits per heavy atom. The first-order valence-corrected chi connectivity index (χ1v) is 9.37. The minimum atomic E-state index is -3.14. The smallest absolute Gasteiger partial charge is 0.158 e. The molecular formula is C15H23BrO3S. The largest absolute Gasteiger partial charge is 0.492 e. The third kappa shape index (κ3) is 4.22. The van der Waals surface area contributed by atoms with Crippen molar-refractivity contribution in [3.05, 3.63) is 28.8 Å². The molecule has 0 saturated heterocycles. The van der Waals surface area contributed by atoms with E-state index < -0.39 is 14.6 Å². The summed E-state index contributed by atoms with van der Waals surface area (Å²) in [4.78, 5) is 0. The van der Waals surface area contributed by atoms with Crippen molar-refractivity contribution in [1.82, 2.24) is 0 Å². The van der Waals surface area contributed by atoms with E-state index in [9.17, 15) is 8.42 Å². The number of rotatable bonds is 5. The number of halogens is 1. The lowest BCUT2D eigenvalue weighted by atomic mass is 10.1. The van der Waals surface area contributed by atoms with E-state index in [1.807, 2.05) is 13.8 Å². The van der Waals surface area contributed by atoms with Gasteiger partial charge in [0.05, 0.1) is 10.5 Å². The topological polar surface area (TPSA) is 43.4 Å². The molecule has 0 atom stereocenters. The maximum Gasteiger partial charge on any atom is 0.158 e. The summed E-state index contributed by atoms with van der Waals surface area (Å²) in [6, 6.07) is 4.10. The predicted molar refractivity (Wildman–Crippen MR) is 87.6 cm³/mol. The van der Waals surface area contributed by atoms with Gasteiger partial charge in [0.15, 0.2) is 9.84 Å². The van der Waals surface area contributed by atoms with Crippen molar-refractivity contribution in [2.24, 2.45) is 0 Å². The van der Waals surface area contributed by atoms with Gasteiger partial charge in [-0.25, -0.2) is 8.42 Å². The molecule has 0 spiro atoms. The Morgan fingerprint density at radius 1 is 1.15 bits per heavy atom. The van der Waals surface area contributed by atoms with E-state index >= 15 is 0 Å². The molecule has 0 amide bonds. The van der Waals surface area contributed by atoms with E-state index in [1.54, 1.807) is 20.8 Å². The quantitative estimate of drug-likeness (QED) is 0.748. The van der Waals surface area contributed by atoms with Gasteiger partial charge in [-0.05, 0) is 51.3 Å². The summed E-state index contributed by atoms with van der Waals surface area (Å²) in [5.41, 5.74) is 3.26. The van der Waals surface area contributed by atoms with Gasteiger partial charge >= 0.3 is 0 Å². The van der Waals surface area contributed by atoms with Gasteiger partial charge in [-0.2, -0.15) is 0 Å². The molecule has 0 unspecified atom stereocenters. The zero-order valence-corrected chi connectivity index (χ0v) is 15.2. The molecule has 1 rings (SSSR count). The second-order valence-corrected chi connectivity index (χ2v) is 9.40. The maximum atomic E-state index is 12.0. The van der Waals surface area contributed by atoms with Crippen molar-refractivity contribution >= 4 is 25.8 Å². The van der Waals surface area contributed by atoms with Crippen LogP contribution in [0.5, 0.6) is 5.75 Å². The fourth-order valence-electron chi connectivity index (χ4n) is 1.90. The monoisotopic (exact) mass is 362 g/mol. The van der Waals surface area contributed by atoms with Crippen LogP contribution in [0.1, 0.15) is 37.5 Å². The van der Waals surface area contributed by atoms with Gasteiger partial charge < -0.3 is 4.74 Å². The van der Waals surface area contributed by atoms with Crippen LogP contribution in [0.25, 0.3) is 0 Å². The summed E-state index contributed by atoms with van der Waals surface area (Å²) < 4.78 is 29.0. The normalized spacial score (nSPS) is 12.5. The number of hydrogen-bond acceptors (Lipinski definition) is 3. The molecule has 114 valence electrons. The molecule has 1 aromatic rings. The van der Waals surface area contributed by atoms with Gasteiger partial charge in [0, 0.05) is 5.33 Å². The molecule has 0 radical (unpaired) electrons. The molecule has 0 saturated carbocycles. The Kier molecular flexibility index (Phi) is 5.67.